The van der Waals surface area contributed by atoms with Gasteiger partial charge in [0, 0.05) is 23.4 Å². The molecule has 0 radical (unpaired) electrons. The lowest BCUT2D eigenvalue weighted by molar-refractivity contribution is -0.111. The Morgan fingerprint density at radius 2 is 1.81 bits per heavy atom. The summed E-state index contributed by atoms with van der Waals surface area (Å²) in [4.78, 5) is 12.0. The van der Waals surface area contributed by atoms with Crippen LogP contribution in [0.2, 0.25) is 5.02 Å². The third-order valence-corrected chi connectivity index (χ3v) is 5.23. The Bertz CT molecular complexity index is 906. The van der Waals surface area contributed by atoms with Crippen molar-refractivity contribution in [2.24, 2.45) is 0 Å². The molecule has 2 aromatic rings. The zero-order chi connectivity index (χ0) is 19.3. The topological polar surface area (TPSA) is 75.3 Å². The minimum atomic E-state index is -3.59. The van der Waals surface area contributed by atoms with Crippen molar-refractivity contribution in [2.45, 2.75) is 24.8 Å². The number of sulfonamides is 1. The Morgan fingerprint density at radius 1 is 1.15 bits per heavy atom. The molecule has 0 bridgehead atoms. The number of halogens is 2. The molecule has 0 aromatic heterocycles. The second kappa shape index (κ2) is 8.44. The van der Waals surface area contributed by atoms with Gasteiger partial charge in [-0.25, -0.2) is 17.5 Å². The number of rotatable bonds is 6. The SMILES string of the molecule is CC(C)NS(=O)(=O)c1ccc(NC(=O)/C=C/c2c(F)cccc2Cl)cc1. The van der Waals surface area contributed by atoms with Crippen molar-refractivity contribution >= 4 is 39.3 Å². The van der Waals surface area contributed by atoms with E-state index in [1.165, 1.54) is 48.5 Å². The van der Waals surface area contributed by atoms with Crippen molar-refractivity contribution in [1.29, 1.82) is 0 Å². The van der Waals surface area contributed by atoms with Gasteiger partial charge in [-0.2, -0.15) is 0 Å². The van der Waals surface area contributed by atoms with E-state index in [9.17, 15) is 17.6 Å². The lowest BCUT2D eigenvalue weighted by atomic mass is 10.2. The van der Waals surface area contributed by atoms with Crippen molar-refractivity contribution in [1.82, 2.24) is 4.72 Å². The van der Waals surface area contributed by atoms with Gasteiger partial charge in [-0.1, -0.05) is 17.7 Å². The van der Waals surface area contributed by atoms with Crippen LogP contribution in [0.5, 0.6) is 0 Å². The highest BCUT2D eigenvalue weighted by molar-refractivity contribution is 7.89. The fraction of sp³-hybridized carbons (Fsp3) is 0.167. The molecular weight excluding hydrogens is 379 g/mol. The average molecular weight is 397 g/mol. The third-order valence-electron chi connectivity index (χ3n) is 3.22. The van der Waals surface area contributed by atoms with Crippen molar-refractivity contribution in [3.05, 3.63) is 64.9 Å². The quantitative estimate of drug-likeness (QED) is 0.729. The van der Waals surface area contributed by atoms with Crippen LogP contribution >= 0.6 is 11.6 Å². The van der Waals surface area contributed by atoms with Crippen molar-refractivity contribution in [3.8, 4) is 0 Å². The fourth-order valence-corrected chi connectivity index (χ4v) is 3.59. The maximum absolute atomic E-state index is 13.6. The number of benzene rings is 2. The predicted octanol–water partition coefficient (Wildman–Crippen LogP) is 3.82. The van der Waals surface area contributed by atoms with Crippen LogP contribution in [0.1, 0.15) is 19.4 Å². The zero-order valence-electron chi connectivity index (χ0n) is 14.2. The third kappa shape index (κ3) is 5.39. The molecule has 138 valence electrons. The van der Waals surface area contributed by atoms with Gasteiger partial charge < -0.3 is 5.32 Å². The monoisotopic (exact) mass is 396 g/mol. The second-order valence-corrected chi connectivity index (χ2v) is 7.88. The molecule has 5 nitrogen and oxygen atoms in total. The predicted molar refractivity (Wildman–Crippen MR) is 101 cm³/mol. The molecule has 0 aliphatic carbocycles. The molecule has 2 aromatic carbocycles. The molecule has 0 spiro atoms. The molecule has 8 heteroatoms. The first-order valence-corrected chi connectivity index (χ1v) is 9.60. The van der Waals surface area contributed by atoms with E-state index in [0.717, 1.165) is 6.08 Å². The van der Waals surface area contributed by atoms with Crippen LogP contribution in [0.4, 0.5) is 10.1 Å². The smallest absolute Gasteiger partial charge is 0.248 e. The summed E-state index contributed by atoms with van der Waals surface area (Å²) in [6.07, 6.45) is 2.42. The maximum Gasteiger partial charge on any atom is 0.248 e. The van der Waals surface area contributed by atoms with E-state index in [-0.39, 0.29) is 21.5 Å². The summed E-state index contributed by atoms with van der Waals surface area (Å²) >= 11 is 5.88. The van der Waals surface area contributed by atoms with Crippen LogP contribution in [0.3, 0.4) is 0 Å². The van der Waals surface area contributed by atoms with Gasteiger partial charge in [0.05, 0.1) is 9.92 Å². The van der Waals surface area contributed by atoms with Crippen molar-refractivity contribution < 1.29 is 17.6 Å². The summed E-state index contributed by atoms with van der Waals surface area (Å²) in [6, 6.07) is 9.72. The summed E-state index contributed by atoms with van der Waals surface area (Å²) in [5.74, 6) is -1.03. The zero-order valence-corrected chi connectivity index (χ0v) is 15.7. The number of hydrogen-bond donors (Lipinski definition) is 2. The van der Waals surface area contributed by atoms with E-state index >= 15 is 0 Å². The Labute approximate surface area is 156 Å². The van der Waals surface area contributed by atoms with Gasteiger partial charge in [0.25, 0.3) is 0 Å². The number of nitrogens with one attached hydrogen (secondary N) is 2. The number of amides is 1. The second-order valence-electron chi connectivity index (χ2n) is 5.76. The van der Waals surface area contributed by atoms with Gasteiger partial charge in [-0.3, -0.25) is 4.79 Å². The van der Waals surface area contributed by atoms with Crippen molar-refractivity contribution in [2.75, 3.05) is 5.32 Å². The summed E-state index contributed by atoms with van der Waals surface area (Å²) in [7, 11) is -3.59. The largest absolute Gasteiger partial charge is 0.323 e. The Morgan fingerprint density at radius 3 is 2.38 bits per heavy atom. The Hall–Kier alpha value is -2.22. The van der Waals surface area contributed by atoms with Crippen LogP contribution in [0.15, 0.2) is 53.4 Å². The molecule has 2 N–H and O–H groups in total. The first-order valence-electron chi connectivity index (χ1n) is 7.74. The van der Waals surface area contributed by atoms with Crippen LogP contribution in [0.25, 0.3) is 6.08 Å². The van der Waals surface area contributed by atoms with Gasteiger partial charge in [-0.15, -0.1) is 0 Å². The van der Waals surface area contributed by atoms with E-state index in [4.69, 9.17) is 11.6 Å². The highest BCUT2D eigenvalue weighted by atomic mass is 35.5. The normalized spacial score (nSPS) is 11.9. The van der Waals surface area contributed by atoms with E-state index in [0.29, 0.717) is 5.69 Å². The number of hydrogen-bond acceptors (Lipinski definition) is 3. The molecule has 0 aliphatic rings. The number of carbonyl (C=O) groups is 1. The van der Waals surface area contributed by atoms with E-state index in [1.54, 1.807) is 13.8 Å². The first-order chi connectivity index (χ1) is 12.2. The van der Waals surface area contributed by atoms with Crippen LogP contribution in [0, 0.1) is 5.82 Å². The molecule has 0 aliphatic heterocycles. The average Bonchev–Trinajstić information content (AvgIpc) is 2.53. The van der Waals surface area contributed by atoms with Gasteiger partial charge >= 0.3 is 0 Å². The van der Waals surface area contributed by atoms with Crippen molar-refractivity contribution in [3.63, 3.8) is 0 Å². The Kier molecular flexibility index (Phi) is 6.52. The molecule has 0 saturated heterocycles. The van der Waals surface area contributed by atoms with E-state index in [2.05, 4.69) is 10.0 Å². The van der Waals surface area contributed by atoms with E-state index in [1.807, 2.05) is 0 Å². The fourth-order valence-electron chi connectivity index (χ4n) is 2.11. The van der Waals surface area contributed by atoms with Crippen LogP contribution in [-0.4, -0.2) is 20.4 Å². The van der Waals surface area contributed by atoms with Gasteiger partial charge in [0.15, 0.2) is 0 Å². The molecule has 2 rings (SSSR count). The van der Waals surface area contributed by atoms with Crippen LogP contribution < -0.4 is 10.0 Å². The molecule has 1 amide bonds. The summed E-state index contributed by atoms with van der Waals surface area (Å²) in [5, 5.41) is 2.76. The van der Waals surface area contributed by atoms with Gasteiger partial charge in [0.2, 0.25) is 15.9 Å². The van der Waals surface area contributed by atoms with Gasteiger partial charge in [-0.05, 0) is 56.3 Å². The highest BCUT2D eigenvalue weighted by Crippen LogP contribution is 2.20. The van der Waals surface area contributed by atoms with Gasteiger partial charge in [0.1, 0.15) is 5.82 Å². The molecule has 26 heavy (non-hydrogen) atoms. The van der Waals surface area contributed by atoms with Crippen LogP contribution in [-0.2, 0) is 14.8 Å². The molecule has 0 fully saturated rings. The summed E-state index contributed by atoms with van der Waals surface area (Å²) in [6.45, 7) is 3.45. The lowest BCUT2D eigenvalue weighted by Gasteiger charge is -2.10. The molecule has 0 unspecified atom stereocenters. The lowest BCUT2D eigenvalue weighted by Crippen LogP contribution is -2.30. The Balaban J connectivity index is 2.07. The maximum atomic E-state index is 13.6. The molecule has 0 atom stereocenters. The number of carbonyl (C=O) groups excluding carboxylic acids is 1. The molecule has 0 saturated carbocycles. The number of anilines is 1. The standard InChI is InChI=1S/C18H18ClFN2O3S/c1-12(2)22-26(24,25)14-8-6-13(7-9-14)21-18(23)11-10-15-16(19)4-3-5-17(15)20/h3-12,22H,1-2H3,(H,21,23)/b11-10+. The van der Waals surface area contributed by atoms with E-state index < -0.39 is 21.7 Å². The highest BCUT2D eigenvalue weighted by Gasteiger charge is 2.15. The minimum Gasteiger partial charge on any atom is -0.323 e. The summed E-state index contributed by atoms with van der Waals surface area (Å²) < 4.78 is 40.2. The first kappa shape index (κ1) is 20.1. The molecule has 0 heterocycles. The summed E-state index contributed by atoms with van der Waals surface area (Å²) in [5.41, 5.74) is 0.522. The molecular formula is C18H18ClFN2O3S. The minimum absolute atomic E-state index is 0.0953.